The molecule has 1 aromatic heterocycles. The molecule has 1 aliphatic carbocycles. The van der Waals surface area contributed by atoms with Gasteiger partial charge >= 0.3 is 0 Å². The van der Waals surface area contributed by atoms with E-state index in [4.69, 9.17) is 9.47 Å². The number of hydrogen-bond acceptors (Lipinski definition) is 6. The summed E-state index contributed by atoms with van der Waals surface area (Å²) in [5, 5.41) is 11.8. The van der Waals surface area contributed by atoms with Crippen molar-refractivity contribution >= 4 is 23.4 Å². The summed E-state index contributed by atoms with van der Waals surface area (Å²) in [5.74, 6) is 2.20. The molecule has 0 radical (unpaired) electrons. The van der Waals surface area contributed by atoms with E-state index in [9.17, 15) is 4.79 Å². The molecule has 8 heteroatoms. The van der Waals surface area contributed by atoms with E-state index < -0.39 is 0 Å². The molecule has 0 unspecified atom stereocenters. The highest BCUT2D eigenvalue weighted by molar-refractivity contribution is 8.00. The number of nitrogens with one attached hydrogen (secondary N) is 1. The first-order valence-corrected chi connectivity index (χ1v) is 9.28. The van der Waals surface area contributed by atoms with Gasteiger partial charge in [-0.1, -0.05) is 11.8 Å². The number of carbonyl (C=O) groups is 1. The van der Waals surface area contributed by atoms with Crippen LogP contribution in [0, 0.1) is 6.92 Å². The number of carbonyl (C=O) groups excluding carboxylic acids is 1. The molecule has 0 spiro atoms. The van der Waals surface area contributed by atoms with Crippen molar-refractivity contribution in [3.8, 4) is 11.5 Å². The van der Waals surface area contributed by atoms with Crippen molar-refractivity contribution in [3.63, 3.8) is 0 Å². The summed E-state index contributed by atoms with van der Waals surface area (Å²) >= 11 is 1.44. The predicted molar refractivity (Wildman–Crippen MR) is 94.4 cm³/mol. The van der Waals surface area contributed by atoms with Gasteiger partial charge in [-0.05, 0) is 38.8 Å². The lowest BCUT2D eigenvalue weighted by Crippen LogP contribution is -2.23. The zero-order valence-corrected chi connectivity index (χ0v) is 15.0. The van der Waals surface area contributed by atoms with Gasteiger partial charge in [-0.25, -0.2) is 0 Å². The van der Waals surface area contributed by atoms with Crippen molar-refractivity contribution in [2.75, 3.05) is 18.5 Å². The van der Waals surface area contributed by atoms with Crippen LogP contribution in [0.3, 0.4) is 0 Å². The third-order valence-corrected chi connectivity index (χ3v) is 5.26. The number of nitrogens with zero attached hydrogens (tertiary/aromatic N) is 3. The van der Waals surface area contributed by atoms with Crippen LogP contribution in [0.1, 0.15) is 31.6 Å². The smallest absolute Gasteiger partial charge is 0.237 e. The second-order valence-electron chi connectivity index (χ2n) is 6.24. The summed E-state index contributed by atoms with van der Waals surface area (Å²) in [6.07, 6.45) is 2.31. The van der Waals surface area contributed by atoms with Gasteiger partial charge in [-0.3, -0.25) is 4.79 Å². The fourth-order valence-electron chi connectivity index (χ4n) is 2.76. The molecule has 1 aliphatic heterocycles. The highest BCUT2D eigenvalue weighted by Gasteiger charge is 2.30. The number of rotatable bonds is 5. The molecule has 4 rings (SSSR count). The fraction of sp³-hybridized carbons (Fsp3) is 0.471. The number of anilines is 1. The molecule has 1 atom stereocenters. The Morgan fingerprint density at radius 3 is 2.80 bits per heavy atom. The van der Waals surface area contributed by atoms with Crippen LogP contribution in [0.15, 0.2) is 23.4 Å². The molecule has 25 heavy (non-hydrogen) atoms. The van der Waals surface area contributed by atoms with Crippen LogP contribution in [0.5, 0.6) is 11.5 Å². The number of amides is 1. The van der Waals surface area contributed by atoms with Gasteiger partial charge in [0.1, 0.15) is 19.0 Å². The molecule has 7 nitrogen and oxygen atoms in total. The topological polar surface area (TPSA) is 78.3 Å². The predicted octanol–water partition coefficient (Wildman–Crippen LogP) is 2.81. The number of aryl methyl sites for hydroxylation is 1. The van der Waals surface area contributed by atoms with E-state index in [0.29, 0.717) is 36.4 Å². The van der Waals surface area contributed by atoms with Crippen LogP contribution in [-0.4, -0.2) is 39.1 Å². The summed E-state index contributed by atoms with van der Waals surface area (Å²) < 4.78 is 13.2. The molecule has 2 aromatic rings. The molecular formula is C17H20N4O3S. The van der Waals surface area contributed by atoms with E-state index in [1.807, 2.05) is 26.0 Å². The van der Waals surface area contributed by atoms with Gasteiger partial charge in [0.2, 0.25) is 5.91 Å². The molecular weight excluding hydrogens is 340 g/mol. The Morgan fingerprint density at radius 1 is 1.28 bits per heavy atom. The van der Waals surface area contributed by atoms with Crippen LogP contribution < -0.4 is 14.8 Å². The van der Waals surface area contributed by atoms with Crippen molar-refractivity contribution in [1.82, 2.24) is 14.8 Å². The van der Waals surface area contributed by atoms with Crippen molar-refractivity contribution in [1.29, 1.82) is 0 Å². The number of fused-ring (bicyclic) bond motifs is 1. The van der Waals surface area contributed by atoms with E-state index in [-0.39, 0.29) is 11.2 Å². The third-order valence-electron chi connectivity index (χ3n) is 4.21. The Kier molecular flexibility index (Phi) is 4.29. The first-order valence-electron chi connectivity index (χ1n) is 8.40. The Bertz CT molecular complexity index is 803. The van der Waals surface area contributed by atoms with Gasteiger partial charge in [0, 0.05) is 17.8 Å². The van der Waals surface area contributed by atoms with E-state index in [1.54, 1.807) is 6.07 Å². The largest absolute Gasteiger partial charge is 0.486 e. The monoisotopic (exact) mass is 360 g/mol. The Hall–Kier alpha value is -2.22. The maximum absolute atomic E-state index is 12.5. The molecule has 0 bridgehead atoms. The maximum atomic E-state index is 12.5. The first kappa shape index (κ1) is 16.3. The van der Waals surface area contributed by atoms with E-state index in [1.165, 1.54) is 11.8 Å². The van der Waals surface area contributed by atoms with Crippen LogP contribution >= 0.6 is 11.8 Å². The van der Waals surface area contributed by atoms with E-state index in [2.05, 4.69) is 20.1 Å². The van der Waals surface area contributed by atoms with Gasteiger partial charge in [0.15, 0.2) is 16.7 Å². The van der Waals surface area contributed by atoms with Gasteiger partial charge < -0.3 is 19.4 Å². The molecule has 1 N–H and O–H groups in total. The minimum absolute atomic E-state index is 0.0790. The van der Waals surface area contributed by atoms with Crippen LogP contribution in [-0.2, 0) is 4.79 Å². The average Bonchev–Trinajstić information content (AvgIpc) is 3.38. The van der Waals surface area contributed by atoms with Crippen molar-refractivity contribution in [2.45, 2.75) is 43.1 Å². The first-order chi connectivity index (χ1) is 12.1. The van der Waals surface area contributed by atoms with Crippen LogP contribution in [0.2, 0.25) is 0 Å². The Labute approximate surface area is 150 Å². The standard InChI is InChI=1S/C17H20N4O3S/c1-10(25-17-20-19-11(2)21(17)13-4-5-13)16(22)18-12-3-6-14-15(9-12)24-8-7-23-14/h3,6,9-10,13H,4-5,7-8H2,1-2H3,(H,18,22)/t10-/m1/s1. The SMILES string of the molecule is Cc1nnc(S[C@H](C)C(=O)Nc2ccc3c(c2)OCCO3)n1C1CC1. The summed E-state index contributed by atoms with van der Waals surface area (Å²) in [7, 11) is 0. The Morgan fingerprint density at radius 2 is 2.04 bits per heavy atom. The maximum Gasteiger partial charge on any atom is 0.237 e. The van der Waals surface area contributed by atoms with Crippen molar-refractivity contribution < 1.29 is 14.3 Å². The summed E-state index contributed by atoms with van der Waals surface area (Å²) in [6, 6.07) is 5.92. The highest BCUT2D eigenvalue weighted by atomic mass is 32.2. The lowest BCUT2D eigenvalue weighted by molar-refractivity contribution is -0.115. The zero-order valence-electron chi connectivity index (χ0n) is 14.2. The zero-order chi connectivity index (χ0) is 17.4. The minimum Gasteiger partial charge on any atom is -0.486 e. The summed E-state index contributed by atoms with van der Waals surface area (Å²) in [6.45, 7) is 4.90. The van der Waals surface area contributed by atoms with E-state index >= 15 is 0 Å². The summed E-state index contributed by atoms with van der Waals surface area (Å²) in [4.78, 5) is 12.5. The number of aromatic nitrogens is 3. The van der Waals surface area contributed by atoms with Gasteiger partial charge in [-0.15, -0.1) is 10.2 Å². The van der Waals surface area contributed by atoms with Gasteiger partial charge in [0.25, 0.3) is 0 Å². The molecule has 1 saturated carbocycles. The second-order valence-corrected chi connectivity index (χ2v) is 7.55. The molecule has 132 valence electrons. The molecule has 1 fully saturated rings. The van der Waals surface area contributed by atoms with Crippen molar-refractivity contribution in [3.05, 3.63) is 24.0 Å². The molecule has 1 aromatic carbocycles. The number of thioether (sulfide) groups is 1. The quantitative estimate of drug-likeness (QED) is 0.826. The van der Waals surface area contributed by atoms with Crippen molar-refractivity contribution in [2.24, 2.45) is 0 Å². The molecule has 2 heterocycles. The van der Waals surface area contributed by atoms with E-state index in [0.717, 1.165) is 23.8 Å². The second kappa shape index (κ2) is 6.59. The normalized spacial score (nSPS) is 17.2. The van der Waals surface area contributed by atoms with Crippen LogP contribution in [0.25, 0.3) is 0 Å². The van der Waals surface area contributed by atoms with Crippen LogP contribution in [0.4, 0.5) is 5.69 Å². The molecule has 2 aliphatic rings. The average molecular weight is 360 g/mol. The fourth-order valence-corrected chi connectivity index (χ4v) is 3.72. The number of hydrogen-bond donors (Lipinski definition) is 1. The lowest BCUT2D eigenvalue weighted by atomic mass is 10.2. The Balaban J connectivity index is 1.42. The molecule has 1 amide bonds. The number of benzene rings is 1. The summed E-state index contributed by atoms with van der Waals surface area (Å²) in [5.41, 5.74) is 0.696. The van der Waals surface area contributed by atoms with Gasteiger partial charge in [0.05, 0.1) is 5.25 Å². The highest BCUT2D eigenvalue weighted by Crippen LogP contribution is 2.39. The number of ether oxygens (including phenoxy) is 2. The third kappa shape index (κ3) is 3.44. The minimum atomic E-state index is -0.283. The van der Waals surface area contributed by atoms with Gasteiger partial charge in [-0.2, -0.15) is 0 Å². The molecule has 0 saturated heterocycles. The lowest BCUT2D eigenvalue weighted by Gasteiger charge is -2.19.